The summed E-state index contributed by atoms with van der Waals surface area (Å²) in [6, 6.07) is 12.7. The minimum absolute atomic E-state index is 0.732. The zero-order valence-electron chi connectivity index (χ0n) is 16.7. The number of hydrogen-bond donors (Lipinski definition) is 1. The fraction of sp³-hybridized carbons (Fsp3) is 0.318. The molecule has 4 rings (SSSR count). The molecule has 0 aliphatic rings. The lowest BCUT2D eigenvalue weighted by Crippen LogP contribution is -2.07. The van der Waals surface area contributed by atoms with Crippen molar-refractivity contribution in [3.05, 3.63) is 47.5 Å². The molecule has 0 radical (unpaired) electrons. The third-order valence-electron chi connectivity index (χ3n) is 5.05. The van der Waals surface area contributed by atoms with E-state index in [1.54, 1.807) is 25.6 Å². The summed E-state index contributed by atoms with van der Waals surface area (Å²) in [4.78, 5) is 5.97. The number of benzene rings is 2. The molecule has 4 aromatic rings. The van der Waals surface area contributed by atoms with E-state index in [2.05, 4.69) is 53.9 Å². The van der Waals surface area contributed by atoms with Crippen molar-refractivity contribution in [2.24, 2.45) is 0 Å². The van der Waals surface area contributed by atoms with Crippen molar-refractivity contribution in [1.82, 2.24) is 9.38 Å². The van der Waals surface area contributed by atoms with Crippen molar-refractivity contribution < 1.29 is 9.47 Å². The molecule has 0 aliphatic heterocycles. The maximum atomic E-state index is 5.38. The fourth-order valence-corrected chi connectivity index (χ4v) is 4.41. The van der Waals surface area contributed by atoms with E-state index in [1.807, 2.05) is 6.07 Å². The van der Waals surface area contributed by atoms with Crippen molar-refractivity contribution >= 4 is 32.3 Å². The molecule has 146 valence electrons. The molecule has 0 unspecified atom stereocenters. The van der Waals surface area contributed by atoms with Gasteiger partial charge in [0.2, 0.25) is 0 Å². The van der Waals surface area contributed by atoms with Gasteiger partial charge in [0.25, 0.3) is 0 Å². The van der Waals surface area contributed by atoms with Crippen LogP contribution in [-0.4, -0.2) is 36.8 Å². The van der Waals surface area contributed by atoms with Crippen molar-refractivity contribution in [3.63, 3.8) is 0 Å². The Kier molecular flexibility index (Phi) is 5.24. The number of nitrogens with zero attached hydrogens (tertiary/aromatic N) is 2. The van der Waals surface area contributed by atoms with E-state index in [0.29, 0.717) is 0 Å². The van der Waals surface area contributed by atoms with Crippen LogP contribution in [-0.2, 0) is 4.74 Å². The molecule has 0 bridgehead atoms. The first-order chi connectivity index (χ1) is 13.6. The molecule has 0 saturated carbocycles. The Hall–Kier alpha value is -2.57. The van der Waals surface area contributed by atoms with Gasteiger partial charge >= 0.3 is 0 Å². The van der Waals surface area contributed by atoms with E-state index in [4.69, 9.17) is 14.5 Å². The van der Waals surface area contributed by atoms with Gasteiger partial charge in [0.05, 0.1) is 17.3 Å². The molecule has 5 nitrogen and oxygen atoms in total. The maximum absolute atomic E-state index is 5.38. The summed E-state index contributed by atoms with van der Waals surface area (Å²) in [5.41, 5.74) is 5.82. The number of imidazole rings is 1. The predicted molar refractivity (Wildman–Crippen MR) is 117 cm³/mol. The number of aromatic nitrogens is 2. The van der Waals surface area contributed by atoms with Crippen LogP contribution in [0.3, 0.4) is 0 Å². The average molecular weight is 396 g/mol. The summed E-state index contributed by atoms with van der Waals surface area (Å²) < 4.78 is 14.0. The lowest BCUT2D eigenvalue weighted by molar-refractivity contribution is 0.198. The summed E-state index contributed by atoms with van der Waals surface area (Å²) in [6.45, 7) is 5.84. The molecule has 2 aromatic carbocycles. The Labute approximate surface area is 168 Å². The lowest BCUT2D eigenvalue weighted by Gasteiger charge is -2.10. The number of aryl methyl sites for hydroxylation is 2. The minimum atomic E-state index is 0.732. The van der Waals surface area contributed by atoms with Gasteiger partial charge in [-0.25, -0.2) is 4.98 Å². The lowest BCUT2D eigenvalue weighted by atomic mass is 10.0. The normalized spacial score (nSPS) is 11.4. The first-order valence-electron chi connectivity index (χ1n) is 9.42. The molecule has 28 heavy (non-hydrogen) atoms. The average Bonchev–Trinajstić information content (AvgIpc) is 3.23. The van der Waals surface area contributed by atoms with Crippen LogP contribution in [0.2, 0.25) is 0 Å². The second-order valence-corrected chi connectivity index (χ2v) is 7.94. The monoisotopic (exact) mass is 395 g/mol. The molecule has 2 heterocycles. The van der Waals surface area contributed by atoms with Gasteiger partial charge in [-0.05, 0) is 55.7 Å². The molecule has 2 aromatic heterocycles. The summed E-state index contributed by atoms with van der Waals surface area (Å²) in [7, 11) is 3.43. The summed E-state index contributed by atoms with van der Waals surface area (Å²) in [5, 5.41) is 3.61. The van der Waals surface area contributed by atoms with Gasteiger partial charge in [0.15, 0.2) is 4.96 Å². The summed E-state index contributed by atoms with van der Waals surface area (Å²) in [5.74, 6) is 1.90. The Morgan fingerprint density at radius 3 is 2.68 bits per heavy atom. The number of ether oxygens (including phenoxy) is 2. The quantitative estimate of drug-likeness (QED) is 0.432. The molecule has 6 heteroatoms. The van der Waals surface area contributed by atoms with Crippen LogP contribution in [0, 0.1) is 13.8 Å². The predicted octanol–water partition coefficient (Wildman–Crippen LogP) is 5.29. The van der Waals surface area contributed by atoms with E-state index < -0.39 is 0 Å². The van der Waals surface area contributed by atoms with E-state index >= 15 is 0 Å². The summed E-state index contributed by atoms with van der Waals surface area (Å²) >= 11 is 1.68. The number of anilines is 1. The fourth-order valence-electron chi connectivity index (χ4n) is 3.35. The molecular formula is C22H25N3O2S. The van der Waals surface area contributed by atoms with Crippen molar-refractivity contribution in [2.75, 3.05) is 32.7 Å². The maximum Gasteiger partial charge on any atom is 0.197 e. The first kappa shape index (κ1) is 18.8. The molecule has 0 spiro atoms. The number of hydrogen-bond acceptors (Lipinski definition) is 5. The van der Waals surface area contributed by atoms with E-state index in [0.717, 1.165) is 57.6 Å². The first-order valence-corrected chi connectivity index (χ1v) is 10.2. The van der Waals surface area contributed by atoms with Crippen LogP contribution >= 0.6 is 11.3 Å². The Morgan fingerprint density at radius 2 is 1.93 bits per heavy atom. The number of fused-ring (bicyclic) bond motifs is 3. The molecule has 0 atom stereocenters. The van der Waals surface area contributed by atoms with Crippen LogP contribution in [0.5, 0.6) is 5.75 Å². The molecule has 0 fully saturated rings. The Balaban J connectivity index is 1.86. The third kappa shape index (κ3) is 3.34. The zero-order valence-corrected chi connectivity index (χ0v) is 17.5. The van der Waals surface area contributed by atoms with Crippen molar-refractivity contribution in [1.29, 1.82) is 0 Å². The van der Waals surface area contributed by atoms with Gasteiger partial charge in [-0.2, -0.15) is 0 Å². The van der Waals surface area contributed by atoms with E-state index in [1.165, 1.54) is 11.1 Å². The largest absolute Gasteiger partial charge is 0.497 e. The van der Waals surface area contributed by atoms with Crippen LogP contribution in [0.25, 0.3) is 26.4 Å². The Bertz CT molecular complexity index is 1130. The van der Waals surface area contributed by atoms with Gasteiger partial charge in [0, 0.05) is 25.8 Å². The van der Waals surface area contributed by atoms with Crippen LogP contribution in [0.15, 0.2) is 36.4 Å². The topological polar surface area (TPSA) is 47.8 Å². The number of thiazole rings is 1. The minimum Gasteiger partial charge on any atom is -0.497 e. The van der Waals surface area contributed by atoms with Gasteiger partial charge in [-0.1, -0.05) is 23.5 Å². The molecule has 0 amide bonds. The van der Waals surface area contributed by atoms with Gasteiger partial charge in [0.1, 0.15) is 17.3 Å². The number of nitrogens with one attached hydrogen (secondary N) is 1. The highest BCUT2D eigenvalue weighted by atomic mass is 32.1. The van der Waals surface area contributed by atoms with Gasteiger partial charge < -0.3 is 14.8 Å². The number of methoxy groups -OCH3 is 2. The molecule has 0 aliphatic carbocycles. The van der Waals surface area contributed by atoms with E-state index in [9.17, 15) is 0 Å². The second-order valence-electron chi connectivity index (χ2n) is 6.93. The van der Waals surface area contributed by atoms with Crippen LogP contribution < -0.4 is 10.1 Å². The summed E-state index contributed by atoms with van der Waals surface area (Å²) in [6.07, 6.45) is 0.936. The molecular weight excluding hydrogens is 370 g/mol. The standard InChI is InChI=1S/C22H25N3O2S/c1-14-6-7-16(12-15(14)2)20-21(23-10-5-11-26-3)25-18-9-8-17(27-4)13-19(18)28-22(25)24-20/h6-9,12-13,23H,5,10-11H2,1-4H3. The second kappa shape index (κ2) is 7.81. The van der Waals surface area contributed by atoms with Gasteiger partial charge in [-0.3, -0.25) is 4.40 Å². The van der Waals surface area contributed by atoms with Crippen molar-refractivity contribution in [3.8, 4) is 17.0 Å². The zero-order chi connectivity index (χ0) is 19.7. The van der Waals surface area contributed by atoms with Crippen LogP contribution in [0.4, 0.5) is 5.82 Å². The third-order valence-corrected chi connectivity index (χ3v) is 6.06. The number of rotatable bonds is 7. The SMILES string of the molecule is COCCCNc1c(-c2ccc(C)c(C)c2)nc2sc3cc(OC)ccc3n12. The van der Waals surface area contributed by atoms with Crippen LogP contribution in [0.1, 0.15) is 17.5 Å². The van der Waals surface area contributed by atoms with Gasteiger partial charge in [-0.15, -0.1) is 0 Å². The highest BCUT2D eigenvalue weighted by Gasteiger charge is 2.19. The van der Waals surface area contributed by atoms with Crippen molar-refractivity contribution in [2.45, 2.75) is 20.3 Å². The molecule has 0 saturated heterocycles. The Morgan fingerprint density at radius 1 is 1.07 bits per heavy atom. The highest BCUT2D eigenvalue weighted by molar-refractivity contribution is 7.23. The smallest absolute Gasteiger partial charge is 0.197 e. The highest BCUT2D eigenvalue weighted by Crippen LogP contribution is 2.37. The molecule has 1 N–H and O–H groups in total. The van der Waals surface area contributed by atoms with E-state index in [-0.39, 0.29) is 0 Å².